The Kier molecular flexibility index (Phi) is 7.24. The van der Waals surface area contributed by atoms with E-state index < -0.39 is 0 Å². The third-order valence-electron chi connectivity index (χ3n) is 3.83. The summed E-state index contributed by atoms with van der Waals surface area (Å²) in [5.74, 6) is -0.288. The molecule has 3 nitrogen and oxygen atoms in total. The molecule has 0 aromatic heterocycles. The fourth-order valence-corrected chi connectivity index (χ4v) is 2.51. The van der Waals surface area contributed by atoms with Crippen LogP contribution in [0, 0.1) is 0 Å². The highest BCUT2D eigenvalue weighted by Gasteiger charge is 2.13. The molecule has 0 N–H and O–H groups in total. The number of ether oxygens (including phenoxy) is 1. The van der Waals surface area contributed by atoms with Crippen molar-refractivity contribution in [2.75, 3.05) is 6.61 Å². The molecule has 126 valence electrons. The van der Waals surface area contributed by atoms with Crippen LogP contribution in [-0.2, 0) is 22.6 Å². The quantitative estimate of drug-likeness (QED) is 0.539. The summed E-state index contributed by atoms with van der Waals surface area (Å²) in [5, 5.41) is 0. The Morgan fingerprint density at radius 1 is 1.00 bits per heavy atom. The summed E-state index contributed by atoms with van der Waals surface area (Å²) in [5.41, 5.74) is 2.51. The number of hydrogen-bond acceptors (Lipinski definition) is 3. The van der Waals surface area contributed by atoms with Crippen molar-refractivity contribution >= 4 is 5.97 Å². The number of hydrogen-bond donors (Lipinski definition) is 0. The predicted octanol–water partition coefficient (Wildman–Crippen LogP) is 4.20. The van der Waals surface area contributed by atoms with E-state index in [1.54, 1.807) is 0 Å². The molecule has 0 saturated carbocycles. The van der Waals surface area contributed by atoms with Crippen LogP contribution in [0.4, 0.5) is 0 Å². The van der Waals surface area contributed by atoms with Gasteiger partial charge in [-0.05, 0) is 25.0 Å². The molecule has 0 aliphatic heterocycles. The van der Waals surface area contributed by atoms with E-state index in [1.165, 1.54) is 17.2 Å². The molecule has 0 radical (unpaired) electrons. The molecule has 24 heavy (non-hydrogen) atoms. The summed E-state index contributed by atoms with van der Waals surface area (Å²) in [6.07, 6.45) is 3.43. The number of carbonyl (C=O) groups is 1. The van der Waals surface area contributed by atoms with E-state index in [2.05, 4.69) is 60.4 Å². The van der Waals surface area contributed by atoms with Crippen LogP contribution in [0.2, 0.25) is 0 Å². The Bertz CT molecular complexity index is 596. The molecule has 0 spiro atoms. The standard InChI is InChI=1S/C21H25NO2/c1-3-24-21(23)15-14-18(2)22(16-19-10-6-4-7-11-19)17-20-12-8-5-9-13-20/h4-15,18H,3,16-17H2,1-2H3/b15-14-/t18-/m0/s1. The smallest absolute Gasteiger partial charge is 0.330 e. The first-order valence-electron chi connectivity index (χ1n) is 8.36. The second-order valence-corrected chi connectivity index (χ2v) is 5.73. The molecule has 0 fully saturated rings. The van der Waals surface area contributed by atoms with Gasteiger partial charge in [0, 0.05) is 25.2 Å². The average Bonchev–Trinajstić information content (AvgIpc) is 2.61. The normalized spacial score (nSPS) is 12.5. The van der Waals surface area contributed by atoms with Crippen molar-refractivity contribution in [1.82, 2.24) is 4.90 Å². The summed E-state index contributed by atoms with van der Waals surface area (Å²) in [6, 6.07) is 20.9. The number of rotatable bonds is 8. The van der Waals surface area contributed by atoms with E-state index >= 15 is 0 Å². The molecular weight excluding hydrogens is 298 g/mol. The van der Waals surface area contributed by atoms with Gasteiger partial charge in [-0.3, -0.25) is 4.90 Å². The SMILES string of the molecule is CCOC(=O)/C=C\[C@H](C)N(Cc1ccccc1)Cc1ccccc1. The van der Waals surface area contributed by atoms with Crippen LogP contribution in [0.15, 0.2) is 72.8 Å². The van der Waals surface area contributed by atoms with Crippen LogP contribution in [-0.4, -0.2) is 23.5 Å². The molecule has 3 heteroatoms. The molecule has 0 aliphatic rings. The van der Waals surface area contributed by atoms with Crippen molar-refractivity contribution in [2.24, 2.45) is 0 Å². The predicted molar refractivity (Wildman–Crippen MR) is 97.4 cm³/mol. The van der Waals surface area contributed by atoms with Gasteiger partial charge < -0.3 is 4.74 Å². The van der Waals surface area contributed by atoms with Crippen LogP contribution >= 0.6 is 0 Å². The van der Waals surface area contributed by atoms with E-state index in [0.717, 1.165) is 13.1 Å². The van der Waals surface area contributed by atoms with Crippen molar-refractivity contribution in [3.63, 3.8) is 0 Å². The first kappa shape index (κ1) is 18.0. The van der Waals surface area contributed by atoms with E-state index in [9.17, 15) is 4.79 Å². The molecule has 0 unspecified atom stereocenters. The van der Waals surface area contributed by atoms with Crippen LogP contribution in [0.1, 0.15) is 25.0 Å². The van der Waals surface area contributed by atoms with Gasteiger partial charge in [0.05, 0.1) is 6.61 Å². The molecule has 0 aliphatic carbocycles. The minimum atomic E-state index is -0.288. The first-order chi connectivity index (χ1) is 11.7. The molecule has 0 heterocycles. The molecule has 0 saturated heterocycles. The second kappa shape index (κ2) is 9.68. The lowest BCUT2D eigenvalue weighted by molar-refractivity contribution is -0.137. The third kappa shape index (κ3) is 6.01. The Morgan fingerprint density at radius 3 is 1.96 bits per heavy atom. The maximum Gasteiger partial charge on any atom is 0.330 e. The zero-order valence-corrected chi connectivity index (χ0v) is 14.4. The van der Waals surface area contributed by atoms with Crippen molar-refractivity contribution in [1.29, 1.82) is 0 Å². The third-order valence-corrected chi connectivity index (χ3v) is 3.83. The van der Waals surface area contributed by atoms with Gasteiger partial charge in [0.2, 0.25) is 0 Å². The monoisotopic (exact) mass is 323 g/mol. The topological polar surface area (TPSA) is 29.5 Å². The second-order valence-electron chi connectivity index (χ2n) is 5.73. The highest BCUT2D eigenvalue weighted by atomic mass is 16.5. The van der Waals surface area contributed by atoms with Gasteiger partial charge in [-0.15, -0.1) is 0 Å². The molecular formula is C21H25NO2. The minimum Gasteiger partial charge on any atom is -0.463 e. The molecule has 2 aromatic rings. The van der Waals surface area contributed by atoms with Gasteiger partial charge in [0.1, 0.15) is 0 Å². The summed E-state index contributed by atoms with van der Waals surface area (Å²) < 4.78 is 4.96. The van der Waals surface area contributed by atoms with Gasteiger partial charge in [0.25, 0.3) is 0 Å². The molecule has 2 aromatic carbocycles. The van der Waals surface area contributed by atoms with E-state index in [-0.39, 0.29) is 12.0 Å². The largest absolute Gasteiger partial charge is 0.463 e. The van der Waals surface area contributed by atoms with Crippen molar-refractivity contribution < 1.29 is 9.53 Å². The lowest BCUT2D eigenvalue weighted by Crippen LogP contribution is -2.31. The number of nitrogens with zero attached hydrogens (tertiary/aromatic N) is 1. The lowest BCUT2D eigenvalue weighted by atomic mass is 10.1. The first-order valence-corrected chi connectivity index (χ1v) is 8.36. The lowest BCUT2D eigenvalue weighted by Gasteiger charge is -2.27. The zero-order chi connectivity index (χ0) is 17.2. The molecule has 1 atom stereocenters. The van der Waals surface area contributed by atoms with Crippen molar-refractivity contribution in [3.05, 3.63) is 83.9 Å². The number of carbonyl (C=O) groups excluding carboxylic acids is 1. The molecule has 0 bridgehead atoms. The van der Waals surface area contributed by atoms with Crippen LogP contribution in [0.25, 0.3) is 0 Å². The zero-order valence-electron chi connectivity index (χ0n) is 14.4. The van der Waals surface area contributed by atoms with E-state index in [4.69, 9.17) is 4.74 Å². The highest BCUT2D eigenvalue weighted by Crippen LogP contribution is 2.14. The van der Waals surface area contributed by atoms with Gasteiger partial charge in [0.15, 0.2) is 0 Å². The van der Waals surface area contributed by atoms with Gasteiger partial charge in [-0.2, -0.15) is 0 Å². The minimum absolute atomic E-state index is 0.120. The molecule has 2 rings (SSSR count). The summed E-state index contributed by atoms with van der Waals surface area (Å²) >= 11 is 0. The Labute approximate surface area is 144 Å². The summed E-state index contributed by atoms with van der Waals surface area (Å²) in [4.78, 5) is 13.9. The fourth-order valence-electron chi connectivity index (χ4n) is 2.51. The van der Waals surface area contributed by atoms with Crippen molar-refractivity contribution in [3.8, 4) is 0 Å². The highest BCUT2D eigenvalue weighted by molar-refractivity contribution is 5.81. The maximum atomic E-state index is 11.6. The maximum absolute atomic E-state index is 11.6. The van der Waals surface area contributed by atoms with Gasteiger partial charge in [-0.1, -0.05) is 66.7 Å². The van der Waals surface area contributed by atoms with E-state index in [1.807, 2.05) is 25.1 Å². The number of esters is 1. The number of benzene rings is 2. The Balaban J connectivity index is 2.10. The summed E-state index contributed by atoms with van der Waals surface area (Å²) in [6.45, 7) is 5.96. The van der Waals surface area contributed by atoms with Crippen LogP contribution < -0.4 is 0 Å². The van der Waals surface area contributed by atoms with E-state index in [0.29, 0.717) is 6.61 Å². The fraction of sp³-hybridized carbons (Fsp3) is 0.286. The van der Waals surface area contributed by atoms with Crippen LogP contribution in [0.5, 0.6) is 0 Å². The Morgan fingerprint density at radius 2 is 1.50 bits per heavy atom. The average molecular weight is 323 g/mol. The van der Waals surface area contributed by atoms with Gasteiger partial charge in [-0.25, -0.2) is 4.79 Å². The van der Waals surface area contributed by atoms with Gasteiger partial charge >= 0.3 is 5.97 Å². The van der Waals surface area contributed by atoms with Crippen molar-refractivity contribution in [2.45, 2.75) is 33.0 Å². The Hall–Kier alpha value is -2.39. The van der Waals surface area contributed by atoms with Crippen LogP contribution in [0.3, 0.4) is 0 Å². The molecule has 0 amide bonds. The summed E-state index contributed by atoms with van der Waals surface area (Å²) in [7, 11) is 0.